The molecule has 236 valence electrons. The summed E-state index contributed by atoms with van der Waals surface area (Å²) < 4.78 is 11.0. The van der Waals surface area contributed by atoms with Crippen LogP contribution in [0.3, 0.4) is 0 Å². The molecule has 5 nitrogen and oxygen atoms in total. The van der Waals surface area contributed by atoms with Crippen LogP contribution in [0.2, 0.25) is 0 Å². The van der Waals surface area contributed by atoms with Crippen LogP contribution < -0.4 is 4.74 Å². The van der Waals surface area contributed by atoms with Gasteiger partial charge in [0.05, 0.1) is 11.3 Å². The minimum absolute atomic E-state index is 0. The molecule has 0 aliphatic rings. The summed E-state index contributed by atoms with van der Waals surface area (Å²) in [4.78, 5) is 10.0. The van der Waals surface area contributed by atoms with Gasteiger partial charge in [-0.2, -0.15) is 6.07 Å². The number of imidazole rings is 1. The Balaban J connectivity index is 0.00000316. The van der Waals surface area contributed by atoms with Crippen LogP contribution in [0, 0.1) is 12.1 Å². The molecule has 0 saturated heterocycles. The van der Waals surface area contributed by atoms with Crippen LogP contribution in [0.15, 0.2) is 146 Å². The zero-order valence-corrected chi connectivity index (χ0v) is 28.6. The summed E-state index contributed by atoms with van der Waals surface area (Å²) >= 11 is 0. The molecule has 0 aliphatic heterocycles. The van der Waals surface area contributed by atoms with Crippen molar-refractivity contribution >= 4 is 65.5 Å². The fourth-order valence-electron chi connectivity index (χ4n) is 7.64. The van der Waals surface area contributed by atoms with Gasteiger partial charge in [0, 0.05) is 51.3 Å². The van der Waals surface area contributed by atoms with Crippen molar-refractivity contribution in [2.75, 3.05) is 0 Å². The second kappa shape index (κ2) is 11.0. The van der Waals surface area contributed by atoms with Crippen molar-refractivity contribution < 1.29 is 25.8 Å². The third kappa shape index (κ3) is 4.11. The molecule has 0 unspecified atom stereocenters. The first-order valence-corrected chi connectivity index (χ1v) is 16.3. The SMILES string of the molecule is [Pt+2].[c-]1c(Oc2[c-]c3c(cc2)c2cccc4c5c(-c6ccccc6)ccnc5n3c24)ccc2c1c1nc(-c3ccccc3)cn1c1ccccc21. The molecule has 6 heteroatoms. The number of hydrogen-bond donors (Lipinski definition) is 0. The number of fused-ring (bicyclic) bond motifs is 12. The van der Waals surface area contributed by atoms with E-state index in [4.69, 9.17) is 14.7 Å². The average molecular weight is 820 g/mol. The quantitative estimate of drug-likeness (QED) is 0.131. The smallest absolute Gasteiger partial charge is 0.503 e. The van der Waals surface area contributed by atoms with Crippen molar-refractivity contribution in [1.82, 2.24) is 18.8 Å². The molecule has 0 spiro atoms. The Morgan fingerprint density at radius 3 is 2.10 bits per heavy atom. The van der Waals surface area contributed by atoms with E-state index in [1.54, 1.807) is 0 Å². The number of rotatable bonds is 4. The Labute approximate surface area is 300 Å². The van der Waals surface area contributed by atoms with E-state index in [0.717, 1.165) is 66.0 Å². The van der Waals surface area contributed by atoms with Crippen molar-refractivity contribution in [3.8, 4) is 33.9 Å². The van der Waals surface area contributed by atoms with E-state index >= 15 is 0 Å². The van der Waals surface area contributed by atoms with E-state index in [9.17, 15) is 0 Å². The maximum Gasteiger partial charge on any atom is 2.00 e. The van der Waals surface area contributed by atoms with E-state index in [1.807, 2.05) is 42.6 Å². The van der Waals surface area contributed by atoms with Crippen LogP contribution in [0.25, 0.3) is 87.9 Å². The monoisotopic (exact) mass is 819 g/mol. The van der Waals surface area contributed by atoms with E-state index < -0.39 is 0 Å². The molecule has 0 saturated carbocycles. The Bertz CT molecular complexity index is 3080. The first kappa shape index (κ1) is 28.9. The third-order valence-corrected chi connectivity index (χ3v) is 9.76. The van der Waals surface area contributed by atoms with E-state index in [-0.39, 0.29) is 21.1 Å². The summed E-state index contributed by atoms with van der Waals surface area (Å²) in [7, 11) is 0. The number of ether oxygens (including phenoxy) is 1. The first-order valence-electron chi connectivity index (χ1n) is 16.3. The Morgan fingerprint density at radius 2 is 1.26 bits per heavy atom. The van der Waals surface area contributed by atoms with Gasteiger partial charge in [-0.15, -0.1) is 29.7 Å². The van der Waals surface area contributed by atoms with Gasteiger partial charge >= 0.3 is 21.1 Å². The molecule has 0 aliphatic carbocycles. The number of nitrogens with zero attached hydrogens (tertiary/aromatic N) is 4. The predicted octanol–water partition coefficient (Wildman–Crippen LogP) is 10.9. The standard InChI is InChI=1S/C44H24N4O.Pt/c1-3-10-27(11-4-1)31-22-23-45-44-41(31)36-16-9-15-35-34-21-19-30(25-40(34)48(44)42(35)36)49-29-18-20-32-33-14-7-8-17-39(33)47-26-38(28-12-5-2-6-13-28)46-43(47)37(32)24-29;/h1-23,26H;/q-2;+2. The zero-order chi connectivity index (χ0) is 32.1. The molecule has 0 fully saturated rings. The first-order chi connectivity index (χ1) is 24.3. The molecule has 50 heavy (non-hydrogen) atoms. The van der Waals surface area contributed by atoms with Crippen molar-refractivity contribution in [2.45, 2.75) is 0 Å². The number of aromatic nitrogens is 4. The van der Waals surface area contributed by atoms with Gasteiger partial charge in [-0.1, -0.05) is 119 Å². The topological polar surface area (TPSA) is 43.8 Å². The maximum atomic E-state index is 6.56. The molecule has 5 heterocycles. The van der Waals surface area contributed by atoms with Gasteiger partial charge in [0.15, 0.2) is 0 Å². The van der Waals surface area contributed by atoms with Crippen LogP contribution in [0.5, 0.6) is 11.5 Å². The van der Waals surface area contributed by atoms with E-state index in [2.05, 4.69) is 124 Å². The Morgan fingerprint density at radius 1 is 0.560 bits per heavy atom. The van der Waals surface area contributed by atoms with Crippen LogP contribution in [-0.4, -0.2) is 18.8 Å². The maximum absolute atomic E-state index is 6.56. The van der Waals surface area contributed by atoms with Crippen molar-refractivity contribution in [3.63, 3.8) is 0 Å². The summed E-state index contributed by atoms with van der Waals surface area (Å²) in [5, 5.41) is 7.73. The van der Waals surface area contributed by atoms with Gasteiger partial charge in [-0.25, -0.2) is 4.98 Å². The molecule has 0 radical (unpaired) electrons. The molecule has 0 amide bonds. The molecular formula is C44H24N4OPt. The normalized spacial score (nSPS) is 11.8. The second-order valence-corrected chi connectivity index (χ2v) is 12.5. The minimum Gasteiger partial charge on any atom is -0.503 e. The van der Waals surface area contributed by atoms with Gasteiger partial charge < -0.3 is 13.5 Å². The zero-order valence-electron chi connectivity index (χ0n) is 26.4. The summed E-state index contributed by atoms with van der Waals surface area (Å²) in [6.07, 6.45) is 4.01. The minimum atomic E-state index is 0. The van der Waals surface area contributed by atoms with Crippen molar-refractivity contribution in [2.24, 2.45) is 0 Å². The number of para-hydroxylation sites is 2. The van der Waals surface area contributed by atoms with Gasteiger partial charge in [0.25, 0.3) is 0 Å². The third-order valence-electron chi connectivity index (χ3n) is 9.76. The molecule has 6 aromatic carbocycles. The van der Waals surface area contributed by atoms with Crippen LogP contribution in [0.1, 0.15) is 0 Å². The van der Waals surface area contributed by atoms with Crippen LogP contribution in [0.4, 0.5) is 0 Å². The summed E-state index contributed by atoms with van der Waals surface area (Å²) in [5.41, 5.74) is 9.26. The van der Waals surface area contributed by atoms with Gasteiger partial charge in [0.1, 0.15) is 5.65 Å². The molecular weight excluding hydrogens is 796 g/mol. The van der Waals surface area contributed by atoms with E-state index in [0.29, 0.717) is 11.5 Å². The predicted molar refractivity (Wildman–Crippen MR) is 198 cm³/mol. The summed E-state index contributed by atoms with van der Waals surface area (Å²) in [6.45, 7) is 0. The van der Waals surface area contributed by atoms with E-state index in [1.165, 1.54) is 21.9 Å². The van der Waals surface area contributed by atoms with Crippen molar-refractivity contribution in [3.05, 3.63) is 158 Å². The Kier molecular flexibility index (Phi) is 6.36. The van der Waals surface area contributed by atoms with Crippen LogP contribution in [-0.2, 0) is 21.1 Å². The van der Waals surface area contributed by atoms with Crippen molar-refractivity contribution in [1.29, 1.82) is 0 Å². The second-order valence-electron chi connectivity index (χ2n) is 12.5. The molecule has 5 aromatic heterocycles. The fourth-order valence-corrected chi connectivity index (χ4v) is 7.64. The summed E-state index contributed by atoms with van der Waals surface area (Å²) in [6, 6.07) is 53.3. The number of pyridine rings is 2. The molecule has 0 N–H and O–H groups in total. The largest absolute Gasteiger partial charge is 2.00 e. The fraction of sp³-hybridized carbons (Fsp3) is 0. The average Bonchev–Trinajstić information content (AvgIpc) is 3.86. The van der Waals surface area contributed by atoms with Crippen LogP contribution >= 0.6 is 0 Å². The van der Waals surface area contributed by atoms with Gasteiger partial charge in [-0.05, 0) is 34.0 Å². The number of hydrogen-bond acceptors (Lipinski definition) is 3. The molecule has 11 rings (SSSR count). The summed E-state index contributed by atoms with van der Waals surface area (Å²) in [5.74, 6) is 1.22. The Hall–Kier alpha value is -6.03. The van der Waals surface area contributed by atoms with Gasteiger partial charge in [0.2, 0.25) is 0 Å². The molecule has 0 atom stereocenters. The molecule has 11 aromatic rings. The molecule has 0 bridgehead atoms. The number of benzene rings is 6. The van der Waals surface area contributed by atoms with Gasteiger partial charge in [-0.3, -0.25) is 4.98 Å².